The Bertz CT molecular complexity index is 235. The van der Waals surface area contributed by atoms with Gasteiger partial charge in [-0.1, -0.05) is 13.8 Å². The van der Waals surface area contributed by atoms with Crippen LogP contribution in [-0.2, 0) is 9.53 Å². The highest BCUT2D eigenvalue weighted by Crippen LogP contribution is 2.25. The van der Waals surface area contributed by atoms with Gasteiger partial charge in [-0.3, -0.25) is 4.79 Å². The lowest BCUT2D eigenvalue weighted by Gasteiger charge is -2.34. The molecule has 3 atom stereocenters. The van der Waals surface area contributed by atoms with Crippen molar-refractivity contribution in [3.05, 3.63) is 0 Å². The highest BCUT2D eigenvalue weighted by Gasteiger charge is 2.28. The van der Waals surface area contributed by atoms with Gasteiger partial charge in [0, 0.05) is 19.1 Å². The Kier molecular flexibility index (Phi) is 7.75. The molecule has 3 N–H and O–H groups in total. The first-order valence-corrected chi connectivity index (χ1v) is 6.17. The molecule has 102 valence electrons. The first-order chi connectivity index (χ1) is 7.52. The predicted molar refractivity (Wildman–Crippen MR) is 71.2 cm³/mol. The van der Waals surface area contributed by atoms with E-state index in [4.69, 9.17) is 10.5 Å². The molecule has 1 heterocycles. The second-order valence-corrected chi connectivity index (χ2v) is 5.02. The Morgan fingerprint density at radius 1 is 1.47 bits per heavy atom. The molecule has 1 rings (SSSR count). The number of halogens is 1. The molecule has 17 heavy (non-hydrogen) atoms. The minimum atomic E-state index is -0.429. The van der Waals surface area contributed by atoms with Gasteiger partial charge in [-0.25, -0.2) is 0 Å². The highest BCUT2D eigenvalue weighted by atomic mass is 35.5. The predicted octanol–water partition coefficient (Wildman–Crippen LogP) is 1.32. The van der Waals surface area contributed by atoms with Crippen LogP contribution in [0.5, 0.6) is 0 Å². The third-order valence-corrected chi connectivity index (χ3v) is 3.10. The minimum absolute atomic E-state index is 0. The smallest absolute Gasteiger partial charge is 0.236 e. The third-order valence-electron chi connectivity index (χ3n) is 3.10. The number of nitrogens with one attached hydrogen (secondary N) is 1. The summed E-state index contributed by atoms with van der Waals surface area (Å²) in [6.07, 6.45) is 2.48. The fourth-order valence-corrected chi connectivity index (χ4v) is 2.21. The molecule has 2 unspecified atom stereocenters. The SMILES string of the molecule is CC(C)C1OCCCC1CNC(=O)[C@H](C)N.Cl. The van der Waals surface area contributed by atoms with E-state index in [1.165, 1.54) is 0 Å². The van der Waals surface area contributed by atoms with Crippen molar-refractivity contribution in [3.8, 4) is 0 Å². The van der Waals surface area contributed by atoms with E-state index in [9.17, 15) is 4.79 Å². The Hall–Kier alpha value is -0.320. The summed E-state index contributed by atoms with van der Waals surface area (Å²) in [4.78, 5) is 11.4. The molecule has 0 aromatic carbocycles. The van der Waals surface area contributed by atoms with E-state index in [0.29, 0.717) is 18.4 Å². The average molecular weight is 265 g/mol. The van der Waals surface area contributed by atoms with Crippen LogP contribution < -0.4 is 11.1 Å². The van der Waals surface area contributed by atoms with Gasteiger partial charge in [0.15, 0.2) is 0 Å². The summed E-state index contributed by atoms with van der Waals surface area (Å²) in [5.74, 6) is 0.849. The standard InChI is InChI=1S/C12H24N2O2.ClH/c1-8(2)11-10(5-4-6-16-11)7-14-12(15)9(3)13;/h8-11H,4-7,13H2,1-3H3,(H,14,15);1H/t9-,10?,11?;/m0./s1. The fourth-order valence-electron chi connectivity index (χ4n) is 2.21. The van der Waals surface area contributed by atoms with E-state index in [1.54, 1.807) is 6.92 Å². The van der Waals surface area contributed by atoms with Crippen LogP contribution in [0.25, 0.3) is 0 Å². The lowest BCUT2D eigenvalue weighted by molar-refractivity contribution is -0.123. The maximum Gasteiger partial charge on any atom is 0.236 e. The van der Waals surface area contributed by atoms with Crippen LogP contribution in [0.1, 0.15) is 33.6 Å². The third kappa shape index (κ3) is 5.23. The molecule has 1 aliphatic rings. The average Bonchev–Trinajstić information content (AvgIpc) is 2.25. The second-order valence-electron chi connectivity index (χ2n) is 5.02. The van der Waals surface area contributed by atoms with Crippen molar-refractivity contribution in [2.75, 3.05) is 13.2 Å². The van der Waals surface area contributed by atoms with Gasteiger partial charge in [-0.15, -0.1) is 12.4 Å². The first-order valence-electron chi connectivity index (χ1n) is 6.17. The molecule has 0 radical (unpaired) electrons. The van der Waals surface area contributed by atoms with Gasteiger partial charge in [0.25, 0.3) is 0 Å². The van der Waals surface area contributed by atoms with Crippen LogP contribution >= 0.6 is 12.4 Å². The molecule has 0 spiro atoms. The van der Waals surface area contributed by atoms with Gasteiger partial charge < -0.3 is 15.8 Å². The van der Waals surface area contributed by atoms with Gasteiger partial charge in [0.2, 0.25) is 5.91 Å². The van der Waals surface area contributed by atoms with Crippen molar-refractivity contribution >= 4 is 18.3 Å². The minimum Gasteiger partial charge on any atom is -0.378 e. The summed E-state index contributed by atoms with van der Waals surface area (Å²) in [5.41, 5.74) is 5.50. The van der Waals surface area contributed by atoms with Gasteiger partial charge >= 0.3 is 0 Å². The maximum atomic E-state index is 11.4. The van der Waals surface area contributed by atoms with Crippen LogP contribution in [0.3, 0.4) is 0 Å². The topological polar surface area (TPSA) is 64.3 Å². The van der Waals surface area contributed by atoms with Gasteiger partial charge in [0.1, 0.15) is 0 Å². The summed E-state index contributed by atoms with van der Waals surface area (Å²) in [6, 6.07) is -0.429. The maximum absolute atomic E-state index is 11.4. The van der Waals surface area contributed by atoms with E-state index in [1.807, 2.05) is 0 Å². The molecule has 0 aromatic heterocycles. The molecule has 0 saturated carbocycles. The molecule has 1 fully saturated rings. The lowest BCUT2D eigenvalue weighted by atomic mass is 9.87. The molecule has 1 amide bonds. The van der Waals surface area contributed by atoms with Crippen molar-refractivity contribution < 1.29 is 9.53 Å². The van der Waals surface area contributed by atoms with E-state index in [0.717, 1.165) is 19.4 Å². The summed E-state index contributed by atoms with van der Waals surface area (Å²) in [5, 5.41) is 2.89. The Morgan fingerprint density at radius 3 is 2.65 bits per heavy atom. The zero-order valence-corrected chi connectivity index (χ0v) is 11.8. The van der Waals surface area contributed by atoms with Crippen molar-refractivity contribution in [1.29, 1.82) is 0 Å². The molecular weight excluding hydrogens is 240 g/mol. The van der Waals surface area contributed by atoms with Gasteiger partial charge in [-0.05, 0) is 25.7 Å². The quantitative estimate of drug-likeness (QED) is 0.805. The van der Waals surface area contributed by atoms with E-state index in [-0.39, 0.29) is 24.4 Å². The number of rotatable bonds is 4. The van der Waals surface area contributed by atoms with Crippen molar-refractivity contribution in [2.24, 2.45) is 17.6 Å². The number of nitrogens with two attached hydrogens (primary N) is 1. The Labute approximate surface area is 110 Å². The number of amides is 1. The molecular formula is C12H25ClN2O2. The monoisotopic (exact) mass is 264 g/mol. The lowest BCUT2D eigenvalue weighted by Crippen LogP contribution is -2.45. The molecule has 4 nitrogen and oxygen atoms in total. The van der Waals surface area contributed by atoms with Crippen LogP contribution in [0.2, 0.25) is 0 Å². The van der Waals surface area contributed by atoms with E-state index in [2.05, 4.69) is 19.2 Å². The second kappa shape index (κ2) is 7.90. The van der Waals surface area contributed by atoms with Crippen LogP contribution in [0, 0.1) is 11.8 Å². The normalized spacial score (nSPS) is 26.2. The van der Waals surface area contributed by atoms with Crippen molar-refractivity contribution in [1.82, 2.24) is 5.32 Å². The number of hydrogen-bond acceptors (Lipinski definition) is 3. The highest BCUT2D eigenvalue weighted by molar-refractivity contribution is 5.85. The summed E-state index contributed by atoms with van der Waals surface area (Å²) < 4.78 is 5.76. The fraction of sp³-hybridized carbons (Fsp3) is 0.917. The van der Waals surface area contributed by atoms with Crippen LogP contribution in [0.4, 0.5) is 0 Å². The Morgan fingerprint density at radius 2 is 2.12 bits per heavy atom. The van der Waals surface area contributed by atoms with Gasteiger partial charge in [0.05, 0.1) is 12.1 Å². The number of ether oxygens (including phenoxy) is 1. The summed E-state index contributed by atoms with van der Waals surface area (Å²) in [7, 11) is 0. The van der Waals surface area contributed by atoms with Crippen LogP contribution in [-0.4, -0.2) is 31.2 Å². The van der Waals surface area contributed by atoms with Gasteiger partial charge in [-0.2, -0.15) is 0 Å². The molecule has 5 heteroatoms. The van der Waals surface area contributed by atoms with Crippen molar-refractivity contribution in [2.45, 2.75) is 45.8 Å². The summed E-state index contributed by atoms with van der Waals surface area (Å²) >= 11 is 0. The van der Waals surface area contributed by atoms with E-state index < -0.39 is 6.04 Å². The molecule has 0 aliphatic carbocycles. The number of carbonyl (C=O) groups excluding carboxylic acids is 1. The van der Waals surface area contributed by atoms with E-state index >= 15 is 0 Å². The number of carbonyl (C=O) groups is 1. The summed E-state index contributed by atoms with van der Waals surface area (Å²) in [6.45, 7) is 7.56. The zero-order chi connectivity index (χ0) is 12.1. The largest absolute Gasteiger partial charge is 0.378 e. The number of hydrogen-bond donors (Lipinski definition) is 2. The molecule has 1 aliphatic heterocycles. The molecule has 0 bridgehead atoms. The molecule has 1 saturated heterocycles. The van der Waals surface area contributed by atoms with Crippen molar-refractivity contribution in [3.63, 3.8) is 0 Å². The van der Waals surface area contributed by atoms with Crippen LogP contribution in [0.15, 0.2) is 0 Å². The first kappa shape index (κ1) is 16.7. The Balaban J connectivity index is 0.00000256. The molecule has 0 aromatic rings. The zero-order valence-electron chi connectivity index (χ0n) is 10.9.